The third kappa shape index (κ3) is 6.92. The van der Waals surface area contributed by atoms with Gasteiger partial charge in [-0.2, -0.15) is 0 Å². The van der Waals surface area contributed by atoms with E-state index in [0.29, 0.717) is 51.3 Å². The fourth-order valence-electron chi connectivity index (χ4n) is 6.04. The average molecular weight is 677 g/mol. The number of benzene rings is 4. The van der Waals surface area contributed by atoms with Crippen molar-refractivity contribution in [1.82, 2.24) is 5.16 Å². The number of halogens is 1. The monoisotopic (exact) mass is 676 g/mol. The molecule has 0 radical (unpaired) electrons. The highest BCUT2D eigenvalue weighted by Gasteiger charge is 2.42. The number of anilines is 1. The molecule has 0 saturated heterocycles. The largest absolute Gasteiger partial charge is 0.497 e. The second-order valence-electron chi connectivity index (χ2n) is 12.5. The van der Waals surface area contributed by atoms with Crippen molar-refractivity contribution in [1.29, 1.82) is 0 Å². The van der Waals surface area contributed by atoms with Gasteiger partial charge in [-0.1, -0.05) is 102 Å². The molecule has 9 heteroatoms. The summed E-state index contributed by atoms with van der Waals surface area (Å²) in [6.07, 6.45) is 4.86. The number of carbonyl (C=O) groups is 2. The first kappa shape index (κ1) is 32.5. The lowest BCUT2D eigenvalue weighted by Crippen LogP contribution is -2.47. The average Bonchev–Trinajstić information content (AvgIpc) is 3.50. The summed E-state index contributed by atoms with van der Waals surface area (Å²) in [4.78, 5) is 29.2. The molecule has 0 bridgehead atoms. The summed E-state index contributed by atoms with van der Waals surface area (Å²) in [6.45, 7) is 0.577. The highest BCUT2D eigenvalue weighted by molar-refractivity contribution is 6.32. The van der Waals surface area contributed by atoms with Crippen molar-refractivity contribution in [2.24, 2.45) is 11.8 Å². The Kier molecular flexibility index (Phi) is 9.66. The molecule has 250 valence electrons. The molecule has 0 N–H and O–H groups in total. The molecule has 2 saturated carbocycles. The molecule has 8 nitrogen and oxygen atoms in total. The Hall–Kier alpha value is -5.08. The quantitative estimate of drug-likeness (QED) is 0.122. The summed E-state index contributed by atoms with van der Waals surface area (Å²) in [6, 6.07) is 30.5. The summed E-state index contributed by atoms with van der Waals surface area (Å²) in [5, 5.41) is 4.89. The molecular formula is C40H37ClN2O6. The molecule has 0 unspecified atom stereocenters. The molecule has 5 aromatic rings. The van der Waals surface area contributed by atoms with Gasteiger partial charge in [-0.25, -0.2) is 4.90 Å². The minimum absolute atomic E-state index is 0.100. The maximum absolute atomic E-state index is 14.0. The topological polar surface area (TPSA) is 91.1 Å². The molecule has 0 spiro atoms. The number of methoxy groups -OCH3 is 1. The van der Waals surface area contributed by atoms with Crippen LogP contribution in [0.3, 0.4) is 0 Å². The van der Waals surface area contributed by atoms with Crippen molar-refractivity contribution in [3.05, 3.63) is 113 Å². The Morgan fingerprint density at radius 1 is 0.776 bits per heavy atom. The maximum atomic E-state index is 14.0. The molecule has 4 aromatic carbocycles. The van der Waals surface area contributed by atoms with E-state index >= 15 is 0 Å². The Morgan fingerprint density at radius 2 is 1.33 bits per heavy atom. The van der Waals surface area contributed by atoms with Gasteiger partial charge in [-0.15, -0.1) is 0 Å². The first-order valence-corrected chi connectivity index (χ1v) is 17.1. The number of aromatic nitrogens is 1. The van der Waals surface area contributed by atoms with Crippen molar-refractivity contribution in [2.45, 2.75) is 51.7 Å². The van der Waals surface area contributed by atoms with Crippen LogP contribution >= 0.6 is 11.6 Å². The minimum Gasteiger partial charge on any atom is -0.497 e. The smallest absolute Gasteiger partial charge is 0.249 e. The highest BCUT2D eigenvalue weighted by atomic mass is 35.5. The Labute approximate surface area is 290 Å². The standard InChI is InChI=1S/C40H37ClN2O6/c1-46-31-20-18-28(19-21-31)36-37(42-49-40(36)43(38(44)29-14-8-15-29)39(45)30-16-9-17-30)32-22-33(41)35(48-25-27-12-6-3-7-13-27)23-34(32)47-24-26-10-4-2-5-11-26/h2-7,10-13,18-23,29-30H,8-9,14-17,24-25H2,1H3. The zero-order valence-electron chi connectivity index (χ0n) is 27.3. The van der Waals surface area contributed by atoms with E-state index in [4.69, 9.17) is 30.3 Å². The molecule has 0 atom stereocenters. The van der Waals surface area contributed by atoms with Gasteiger partial charge in [0.05, 0.1) is 17.7 Å². The van der Waals surface area contributed by atoms with Crippen molar-refractivity contribution in [3.8, 4) is 39.6 Å². The maximum Gasteiger partial charge on any atom is 0.249 e. The van der Waals surface area contributed by atoms with Crippen molar-refractivity contribution >= 4 is 29.3 Å². The lowest BCUT2D eigenvalue weighted by atomic mass is 9.81. The van der Waals surface area contributed by atoms with Gasteiger partial charge >= 0.3 is 0 Å². The number of hydrogen-bond acceptors (Lipinski definition) is 7. The van der Waals surface area contributed by atoms with Crippen molar-refractivity contribution < 1.29 is 28.3 Å². The zero-order valence-corrected chi connectivity index (χ0v) is 28.0. The Balaban J connectivity index is 1.36. The number of imide groups is 1. The lowest BCUT2D eigenvalue weighted by Gasteiger charge is -2.33. The normalized spacial score (nSPS) is 14.4. The van der Waals surface area contributed by atoms with Gasteiger partial charge in [0, 0.05) is 23.5 Å². The molecule has 0 aliphatic heterocycles. The van der Waals surface area contributed by atoms with Crippen LogP contribution in [0.4, 0.5) is 5.88 Å². The molecule has 7 rings (SSSR count). The summed E-state index contributed by atoms with van der Waals surface area (Å²) in [5.74, 6) is 0.688. The van der Waals surface area contributed by atoms with Crippen molar-refractivity contribution in [2.75, 3.05) is 12.0 Å². The van der Waals surface area contributed by atoms with E-state index in [1.807, 2.05) is 84.9 Å². The SMILES string of the molecule is COc1ccc(-c2c(-c3cc(Cl)c(OCc4ccccc4)cc3OCc3ccccc3)noc2N(C(=O)C2CCC2)C(=O)C2CCC2)cc1. The van der Waals surface area contributed by atoms with Gasteiger partial charge in [0.1, 0.15) is 36.2 Å². The molecular weight excluding hydrogens is 640 g/mol. The molecule has 1 heterocycles. The molecule has 2 fully saturated rings. The number of hydrogen-bond donors (Lipinski definition) is 0. The molecule has 1 aromatic heterocycles. The third-order valence-corrected chi connectivity index (χ3v) is 9.66. The van der Waals surface area contributed by atoms with Crippen LogP contribution in [0.25, 0.3) is 22.4 Å². The molecule has 2 amide bonds. The number of ether oxygens (including phenoxy) is 3. The second kappa shape index (κ2) is 14.6. The predicted octanol–water partition coefficient (Wildman–Crippen LogP) is 9.29. The highest BCUT2D eigenvalue weighted by Crippen LogP contribution is 2.47. The van der Waals surface area contributed by atoms with E-state index in [9.17, 15) is 9.59 Å². The number of amides is 2. The van der Waals surface area contributed by atoms with E-state index in [-0.39, 0.29) is 36.1 Å². The van der Waals surface area contributed by atoms with Crippen LogP contribution in [0.5, 0.6) is 17.2 Å². The first-order valence-electron chi connectivity index (χ1n) is 16.7. The van der Waals surface area contributed by atoms with E-state index < -0.39 is 0 Å². The first-order chi connectivity index (χ1) is 24.0. The van der Waals surface area contributed by atoms with Gasteiger partial charge in [0.25, 0.3) is 0 Å². The van der Waals surface area contributed by atoms with Crippen LogP contribution in [-0.4, -0.2) is 24.1 Å². The van der Waals surface area contributed by atoms with E-state index in [0.717, 1.165) is 49.7 Å². The van der Waals surface area contributed by atoms with E-state index in [1.54, 1.807) is 19.2 Å². The van der Waals surface area contributed by atoms with E-state index in [2.05, 4.69) is 5.16 Å². The predicted molar refractivity (Wildman–Crippen MR) is 188 cm³/mol. The third-order valence-electron chi connectivity index (χ3n) is 9.37. The number of nitrogens with zero attached hydrogens (tertiary/aromatic N) is 2. The van der Waals surface area contributed by atoms with Gasteiger partial charge in [-0.3, -0.25) is 9.59 Å². The fraction of sp³-hybridized carbons (Fsp3) is 0.275. The summed E-state index contributed by atoms with van der Waals surface area (Å²) in [5.41, 5.74) is 4.05. The van der Waals surface area contributed by atoms with Gasteiger partial charge in [0.2, 0.25) is 17.7 Å². The van der Waals surface area contributed by atoms with Crippen LogP contribution in [0, 0.1) is 11.8 Å². The molecule has 2 aliphatic carbocycles. The van der Waals surface area contributed by atoms with E-state index in [1.165, 1.54) is 4.90 Å². The van der Waals surface area contributed by atoms with Crippen LogP contribution in [0.15, 0.2) is 102 Å². The summed E-state index contributed by atoms with van der Waals surface area (Å²) < 4.78 is 24.1. The van der Waals surface area contributed by atoms with Crippen LogP contribution in [0.2, 0.25) is 5.02 Å². The summed E-state index contributed by atoms with van der Waals surface area (Å²) in [7, 11) is 1.60. The van der Waals surface area contributed by atoms with Crippen LogP contribution < -0.4 is 19.1 Å². The Morgan fingerprint density at radius 3 is 1.84 bits per heavy atom. The van der Waals surface area contributed by atoms with Crippen molar-refractivity contribution in [3.63, 3.8) is 0 Å². The van der Waals surface area contributed by atoms with Gasteiger partial charge < -0.3 is 18.7 Å². The lowest BCUT2D eigenvalue weighted by molar-refractivity contribution is -0.133. The molecule has 49 heavy (non-hydrogen) atoms. The zero-order chi connectivity index (χ0) is 33.7. The van der Waals surface area contributed by atoms with Crippen LogP contribution in [-0.2, 0) is 22.8 Å². The minimum atomic E-state index is -0.246. The van der Waals surface area contributed by atoms with Gasteiger partial charge in [0.15, 0.2) is 0 Å². The number of rotatable bonds is 12. The summed E-state index contributed by atoms with van der Waals surface area (Å²) >= 11 is 6.90. The Bertz CT molecular complexity index is 1890. The fourth-order valence-corrected chi connectivity index (χ4v) is 6.26. The second-order valence-corrected chi connectivity index (χ2v) is 12.9. The van der Waals surface area contributed by atoms with Crippen LogP contribution in [0.1, 0.15) is 49.7 Å². The van der Waals surface area contributed by atoms with Gasteiger partial charge in [-0.05, 0) is 60.6 Å². The molecule has 2 aliphatic rings. The number of carbonyl (C=O) groups excluding carboxylic acids is 2.